The molecule has 1 unspecified atom stereocenters. The van der Waals surface area contributed by atoms with Gasteiger partial charge in [-0.3, -0.25) is 43.7 Å². The Hall–Kier alpha value is -5.62. The maximum atomic E-state index is 14.6. The van der Waals surface area contributed by atoms with Gasteiger partial charge < -0.3 is 28.6 Å². The van der Waals surface area contributed by atoms with E-state index in [0.29, 0.717) is 51.0 Å². The lowest BCUT2D eigenvalue weighted by molar-refractivity contribution is -0.154. The fourth-order valence-electron chi connectivity index (χ4n) is 9.93. The highest BCUT2D eigenvalue weighted by molar-refractivity contribution is 7.99. The molecule has 1 spiro atoms. The van der Waals surface area contributed by atoms with Crippen molar-refractivity contribution in [2.24, 2.45) is 11.3 Å². The number of cyclic esters (lactones) is 1. The van der Waals surface area contributed by atoms with Crippen molar-refractivity contribution >= 4 is 52.4 Å². The maximum Gasteiger partial charge on any atom is 0.324 e. The van der Waals surface area contributed by atoms with Crippen LogP contribution in [0.3, 0.4) is 0 Å². The number of nitrogens with one attached hydrogen (secondary N) is 2. The second-order valence-corrected chi connectivity index (χ2v) is 20.1. The normalized spacial score (nSPS) is 23.1. The number of benzene rings is 1. The number of fused-ring (bicyclic) bond motifs is 6. The summed E-state index contributed by atoms with van der Waals surface area (Å²) >= 11 is 0.960. The Morgan fingerprint density at radius 1 is 1.10 bits per heavy atom. The van der Waals surface area contributed by atoms with Crippen LogP contribution in [0.5, 0.6) is 0 Å². The number of rotatable bonds is 10. The zero-order valence-electron chi connectivity index (χ0n) is 39.5. The number of esters is 1. The van der Waals surface area contributed by atoms with Crippen LogP contribution >= 0.6 is 11.9 Å². The van der Waals surface area contributed by atoms with Crippen molar-refractivity contribution in [2.45, 2.75) is 109 Å². The van der Waals surface area contributed by atoms with Gasteiger partial charge in [-0.15, -0.1) is 0 Å². The molecule has 3 saturated heterocycles. The lowest BCUT2D eigenvalue weighted by Gasteiger charge is -2.35. The van der Waals surface area contributed by atoms with Crippen molar-refractivity contribution in [3.8, 4) is 22.5 Å². The average molecular weight is 935 g/mol. The van der Waals surface area contributed by atoms with E-state index >= 15 is 0 Å². The smallest absolute Gasteiger partial charge is 0.324 e. The SMILES string of the molecule is C=CC(=O)N1CC[C@]2(C1)OCN([C@H](C(=O)NSC1Cc3cccc(n3)-c3ccc4c(c3)c(c(-c3cccnc3[C@H](C)OC)n4CC)CC(C)(C)COC(=O)[C@@H]3CCCN(N3)C1=O)C(C)C)C2=O. The molecule has 4 aliphatic heterocycles. The second-order valence-electron chi connectivity index (χ2n) is 19.1. The number of carbonyl (C=O) groups is 5. The molecule has 4 aliphatic rings. The molecule has 6 bridgehead atoms. The molecule has 4 amide bonds. The molecule has 67 heavy (non-hydrogen) atoms. The zero-order valence-corrected chi connectivity index (χ0v) is 40.3. The number of amides is 4. The monoisotopic (exact) mass is 934 g/mol. The Morgan fingerprint density at radius 3 is 2.66 bits per heavy atom. The van der Waals surface area contributed by atoms with Crippen molar-refractivity contribution in [1.29, 1.82) is 0 Å². The molecule has 17 heteroatoms. The van der Waals surface area contributed by atoms with Crippen LogP contribution in [0.25, 0.3) is 33.4 Å². The van der Waals surface area contributed by atoms with Gasteiger partial charge in [0, 0.05) is 78.9 Å². The van der Waals surface area contributed by atoms with Crippen molar-refractivity contribution in [3.05, 3.63) is 84.3 Å². The predicted molar refractivity (Wildman–Crippen MR) is 255 cm³/mol. The number of pyridine rings is 2. The Balaban J connectivity index is 1.14. The molecule has 7 heterocycles. The van der Waals surface area contributed by atoms with E-state index in [-0.39, 0.29) is 56.0 Å². The van der Waals surface area contributed by atoms with Gasteiger partial charge in [0.1, 0.15) is 24.1 Å². The lowest BCUT2D eigenvalue weighted by atomic mass is 9.84. The molecule has 2 N–H and O–H groups in total. The number of hydrogen-bond donors (Lipinski definition) is 2. The number of ether oxygens (including phenoxy) is 3. The Kier molecular flexibility index (Phi) is 14.0. The Labute approximate surface area is 396 Å². The van der Waals surface area contributed by atoms with Gasteiger partial charge in [-0.2, -0.15) is 0 Å². The first kappa shape index (κ1) is 47.9. The van der Waals surface area contributed by atoms with E-state index < -0.39 is 40.2 Å². The van der Waals surface area contributed by atoms with Crippen LogP contribution in [0.1, 0.15) is 83.9 Å². The summed E-state index contributed by atoms with van der Waals surface area (Å²) in [4.78, 5) is 82.1. The first-order chi connectivity index (χ1) is 32.1. The van der Waals surface area contributed by atoms with Crippen LogP contribution in [0.15, 0.2) is 67.4 Å². The number of likely N-dealkylation sites (tertiary alicyclic amines) is 1. The standard InChI is InChI=1S/C50H62N8O8S/c1-9-41(59)55-23-20-50(27-55)48(63)57(29-66-50)43(30(3)4)45(60)54-67-40-25-33-14-11-16-37(52-33)32-18-19-39-35(24-32)36(44(56(39)10-2)34-15-12-21-51-42(34)31(5)64-8)26-49(6,7)28-65-47(62)38-17-13-22-58(53-38)46(40)61/h9,11-12,14-16,18-19,21,24,30-31,38,40,43,53H,1,10,13,17,20,22-23,25-29H2,2-8H3,(H,54,60)/t31-,38-,40?,43-,50+/m0/s1. The first-order valence-corrected chi connectivity index (χ1v) is 24.1. The molecule has 1 aromatic carbocycles. The summed E-state index contributed by atoms with van der Waals surface area (Å²) in [5, 5.41) is 1.62. The molecular formula is C50H62N8O8S. The highest BCUT2D eigenvalue weighted by atomic mass is 32.2. The van der Waals surface area contributed by atoms with E-state index in [1.807, 2.05) is 45.0 Å². The molecule has 3 aromatic heterocycles. The van der Waals surface area contributed by atoms with Gasteiger partial charge in [-0.25, -0.2) is 5.43 Å². The van der Waals surface area contributed by atoms with Gasteiger partial charge >= 0.3 is 5.97 Å². The largest absolute Gasteiger partial charge is 0.464 e. The maximum absolute atomic E-state index is 14.6. The number of aryl methyl sites for hydroxylation is 1. The van der Waals surface area contributed by atoms with Crippen molar-refractivity contribution < 1.29 is 38.2 Å². The zero-order chi connectivity index (χ0) is 47.8. The van der Waals surface area contributed by atoms with Gasteiger partial charge in [-0.1, -0.05) is 46.4 Å². The van der Waals surface area contributed by atoms with E-state index in [1.165, 1.54) is 20.9 Å². The van der Waals surface area contributed by atoms with Gasteiger partial charge in [-0.05, 0) is 99.0 Å². The third kappa shape index (κ3) is 9.47. The summed E-state index contributed by atoms with van der Waals surface area (Å²) in [6.07, 6.45) is 4.79. The molecule has 0 saturated carbocycles. The van der Waals surface area contributed by atoms with E-state index in [1.54, 1.807) is 13.3 Å². The molecule has 8 rings (SSSR count). The number of hydrogen-bond acceptors (Lipinski definition) is 12. The molecular weight excluding hydrogens is 873 g/mol. The Bertz CT molecular complexity index is 2580. The van der Waals surface area contributed by atoms with Crippen molar-refractivity contribution in [1.82, 2.24) is 39.5 Å². The summed E-state index contributed by atoms with van der Waals surface area (Å²) < 4.78 is 23.3. The molecule has 5 atom stereocenters. The highest BCUT2D eigenvalue weighted by Crippen LogP contribution is 2.42. The van der Waals surface area contributed by atoms with E-state index in [9.17, 15) is 24.0 Å². The summed E-state index contributed by atoms with van der Waals surface area (Å²) in [5.74, 6) is -2.21. The number of aromatic nitrogens is 3. The summed E-state index contributed by atoms with van der Waals surface area (Å²) in [7, 11) is 1.68. The van der Waals surface area contributed by atoms with E-state index in [4.69, 9.17) is 24.2 Å². The average Bonchev–Trinajstić information content (AvgIpc) is 4.00. The quantitative estimate of drug-likeness (QED) is 0.111. The van der Waals surface area contributed by atoms with E-state index in [2.05, 4.69) is 66.3 Å². The van der Waals surface area contributed by atoms with Crippen molar-refractivity contribution in [2.75, 3.05) is 40.1 Å². The van der Waals surface area contributed by atoms with Crippen LogP contribution in [-0.2, 0) is 57.6 Å². The number of carbonyl (C=O) groups excluding carboxylic acids is 5. The number of nitrogens with zero attached hydrogens (tertiary/aromatic N) is 6. The van der Waals surface area contributed by atoms with Crippen molar-refractivity contribution in [3.63, 3.8) is 0 Å². The molecule has 3 fully saturated rings. The minimum absolute atomic E-state index is 0.0775. The van der Waals surface area contributed by atoms with Crippen LogP contribution in [0.2, 0.25) is 0 Å². The van der Waals surface area contributed by atoms with Crippen LogP contribution in [-0.4, -0.2) is 122 Å². The summed E-state index contributed by atoms with van der Waals surface area (Å²) in [6, 6.07) is 14.5. The second kappa shape index (κ2) is 19.5. The summed E-state index contributed by atoms with van der Waals surface area (Å²) in [6.45, 7) is 17.0. The minimum Gasteiger partial charge on any atom is -0.464 e. The molecule has 4 aromatic rings. The van der Waals surface area contributed by atoms with E-state index in [0.717, 1.165) is 56.6 Å². The van der Waals surface area contributed by atoms with Gasteiger partial charge in [0.05, 0.1) is 36.3 Å². The minimum atomic E-state index is -1.24. The molecule has 0 radical (unpaired) electrons. The molecule has 356 valence electrons. The molecule has 0 aliphatic carbocycles. The van der Waals surface area contributed by atoms with Crippen LogP contribution < -0.4 is 10.1 Å². The third-order valence-electron chi connectivity index (χ3n) is 13.5. The first-order valence-electron chi connectivity index (χ1n) is 23.2. The predicted octanol–water partition coefficient (Wildman–Crippen LogP) is 5.79. The molecule has 16 nitrogen and oxygen atoms in total. The summed E-state index contributed by atoms with van der Waals surface area (Å²) in [5.41, 5.74) is 8.62. The lowest BCUT2D eigenvalue weighted by Crippen LogP contribution is -2.58. The van der Waals surface area contributed by atoms with Crippen LogP contribution in [0.4, 0.5) is 0 Å². The highest BCUT2D eigenvalue weighted by Gasteiger charge is 2.55. The fourth-order valence-corrected chi connectivity index (χ4v) is 10.8. The number of hydrazine groups is 1. The van der Waals surface area contributed by atoms with Crippen LogP contribution in [0, 0.1) is 11.3 Å². The van der Waals surface area contributed by atoms with Gasteiger partial charge in [0.2, 0.25) is 5.91 Å². The van der Waals surface area contributed by atoms with Gasteiger partial charge in [0.15, 0.2) is 5.60 Å². The third-order valence-corrected chi connectivity index (χ3v) is 14.4. The van der Waals surface area contributed by atoms with Gasteiger partial charge in [0.25, 0.3) is 17.7 Å². The Morgan fingerprint density at radius 2 is 1.91 bits per heavy atom. The number of methoxy groups -OCH3 is 1. The topological polar surface area (TPSA) is 178 Å². The fraction of sp³-hybridized carbons (Fsp3) is 0.500.